The van der Waals surface area contributed by atoms with Gasteiger partial charge >= 0.3 is 0 Å². The Labute approximate surface area is 149 Å². The molecular weight excluding hydrogens is 374 g/mol. The van der Waals surface area contributed by atoms with E-state index in [0.717, 1.165) is 17.8 Å². The van der Waals surface area contributed by atoms with Crippen LogP contribution >= 0.6 is 22.9 Å². The predicted molar refractivity (Wildman–Crippen MR) is 90.5 cm³/mol. The summed E-state index contributed by atoms with van der Waals surface area (Å²) in [7, 11) is -3.56. The van der Waals surface area contributed by atoms with Crippen LogP contribution in [-0.4, -0.2) is 73.6 Å². The third kappa shape index (κ3) is 3.58. The maximum absolute atomic E-state index is 12.5. The fourth-order valence-corrected chi connectivity index (χ4v) is 5.94. The molecule has 10 heteroatoms. The van der Waals surface area contributed by atoms with Crippen LogP contribution in [0, 0.1) is 0 Å². The summed E-state index contributed by atoms with van der Waals surface area (Å²) in [4.78, 5) is 27.1. The summed E-state index contributed by atoms with van der Waals surface area (Å²) in [5.74, 6) is -0.111. The zero-order valence-electron chi connectivity index (χ0n) is 13.0. The third-order valence-electron chi connectivity index (χ3n) is 4.23. The zero-order valence-corrected chi connectivity index (χ0v) is 15.4. The molecular formula is C14H18ClN3O4S2. The van der Waals surface area contributed by atoms with Gasteiger partial charge in [0, 0.05) is 39.1 Å². The van der Waals surface area contributed by atoms with E-state index in [1.165, 1.54) is 10.4 Å². The molecule has 0 radical (unpaired) electrons. The minimum atomic E-state index is -3.56. The number of carbonyl (C=O) groups excluding carboxylic acids is 2. The van der Waals surface area contributed by atoms with Crippen LogP contribution in [0.15, 0.2) is 16.3 Å². The van der Waals surface area contributed by atoms with Gasteiger partial charge in [-0.25, -0.2) is 8.42 Å². The van der Waals surface area contributed by atoms with Crippen LogP contribution < -0.4 is 0 Å². The van der Waals surface area contributed by atoms with Crippen molar-refractivity contribution in [1.29, 1.82) is 0 Å². The number of thiophene rings is 1. The Bertz CT molecular complexity index is 741. The van der Waals surface area contributed by atoms with Gasteiger partial charge in [-0.3, -0.25) is 9.59 Å². The minimum Gasteiger partial charge on any atom is -0.339 e. The van der Waals surface area contributed by atoms with Gasteiger partial charge in [0.25, 0.3) is 10.0 Å². The fraction of sp³-hybridized carbons (Fsp3) is 0.571. The molecule has 2 fully saturated rings. The summed E-state index contributed by atoms with van der Waals surface area (Å²) in [5.41, 5.74) is 0. The molecule has 2 saturated heterocycles. The van der Waals surface area contributed by atoms with Crippen molar-refractivity contribution in [2.24, 2.45) is 0 Å². The first-order valence-corrected chi connectivity index (χ1v) is 10.3. The van der Waals surface area contributed by atoms with E-state index in [9.17, 15) is 18.0 Å². The van der Waals surface area contributed by atoms with Gasteiger partial charge in [-0.15, -0.1) is 11.3 Å². The average molecular weight is 392 g/mol. The van der Waals surface area contributed by atoms with Crippen molar-refractivity contribution in [3.05, 3.63) is 16.5 Å². The number of nitrogens with zero attached hydrogens (tertiary/aromatic N) is 3. The van der Waals surface area contributed by atoms with Gasteiger partial charge in [-0.1, -0.05) is 11.6 Å². The third-order valence-corrected chi connectivity index (χ3v) is 7.83. The molecule has 132 valence electrons. The highest BCUT2D eigenvalue weighted by atomic mass is 35.5. The van der Waals surface area contributed by atoms with Crippen molar-refractivity contribution < 1.29 is 18.0 Å². The van der Waals surface area contributed by atoms with Gasteiger partial charge in [-0.05, 0) is 18.6 Å². The Hall–Kier alpha value is -1.16. The van der Waals surface area contributed by atoms with Gasteiger partial charge in [-0.2, -0.15) is 4.31 Å². The monoisotopic (exact) mass is 391 g/mol. The summed E-state index contributed by atoms with van der Waals surface area (Å²) in [6.45, 7) is 1.87. The van der Waals surface area contributed by atoms with Crippen molar-refractivity contribution >= 4 is 44.8 Å². The second kappa shape index (κ2) is 6.99. The molecule has 0 spiro atoms. The lowest BCUT2D eigenvalue weighted by Crippen LogP contribution is -2.52. The average Bonchev–Trinajstić information content (AvgIpc) is 3.17. The Morgan fingerprint density at radius 1 is 1.17 bits per heavy atom. The molecule has 0 unspecified atom stereocenters. The zero-order chi connectivity index (χ0) is 17.3. The molecule has 1 aromatic heterocycles. The van der Waals surface area contributed by atoms with Gasteiger partial charge in [0.2, 0.25) is 11.8 Å². The lowest BCUT2D eigenvalue weighted by atomic mass is 10.3. The molecule has 0 saturated carbocycles. The first kappa shape index (κ1) is 17.7. The van der Waals surface area contributed by atoms with E-state index in [0.29, 0.717) is 30.4 Å². The van der Waals surface area contributed by atoms with E-state index in [-0.39, 0.29) is 35.7 Å². The van der Waals surface area contributed by atoms with Crippen molar-refractivity contribution in [3.8, 4) is 0 Å². The van der Waals surface area contributed by atoms with Crippen molar-refractivity contribution in [1.82, 2.24) is 14.1 Å². The maximum atomic E-state index is 12.5. The molecule has 0 atom stereocenters. The summed E-state index contributed by atoms with van der Waals surface area (Å²) >= 11 is 6.84. The number of likely N-dealkylation sites (tertiary alicyclic amines) is 1. The van der Waals surface area contributed by atoms with E-state index >= 15 is 0 Å². The second-order valence-corrected chi connectivity index (χ2v) is 9.64. The van der Waals surface area contributed by atoms with Gasteiger partial charge < -0.3 is 9.80 Å². The minimum absolute atomic E-state index is 0.0131. The summed E-state index contributed by atoms with van der Waals surface area (Å²) < 4.78 is 27.1. The highest BCUT2D eigenvalue weighted by Crippen LogP contribution is 2.28. The van der Waals surface area contributed by atoms with Crippen molar-refractivity contribution in [2.45, 2.75) is 17.1 Å². The Balaban J connectivity index is 1.57. The maximum Gasteiger partial charge on any atom is 0.252 e. The van der Waals surface area contributed by atoms with Crippen LogP contribution in [0.2, 0.25) is 4.34 Å². The smallest absolute Gasteiger partial charge is 0.252 e. The molecule has 0 bridgehead atoms. The molecule has 2 amide bonds. The van der Waals surface area contributed by atoms with Crippen LogP contribution in [0.25, 0.3) is 0 Å². The topological polar surface area (TPSA) is 78.0 Å². The summed E-state index contributed by atoms with van der Waals surface area (Å²) in [5, 5.41) is 0. The van der Waals surface area contributed by atoms with Crippen LogP contribution in [0.5, 0.6) is 0 Å². The van der Waals surface area contributed by atoms with Crippen molar-refractivity contribution in [2.75, 3.05) is 39.3 Å². The number of hydrogen-bond acceptors (Lipinski definition) is 5. The molecule has 0 aromatic carbocycles. The quantitative estimate of drug-likeness (QED) is 0.762. The molecule has 3 heterocycles. The van der Waals surface area contributed by atoms with Crippen molar-refractivity contribution in [3.63, 3.8) is 0 Å². The molecule has 0 aliphatic carbocycles. The number of sulfonamides is 1. The highest BCUT2D eigenvalue weighted by Gasteiger charge is 2.32. The molecule has 24 heavy (non-hydrogen) atoms. The molecule has 3 rings (SSSR count). The van der Waals surface area contributed by atoms with Crippen LogP contribution in [-0.2, 0) is 19.6 Å². The molecule has 2 aliphatic rings. The fourth-order valence-electron chi connectivity index (χ4n) is 2.88. The molecule has 1 aromatic rings. The Kier molecular flexibility index (Phi) is 5.14. The Morgan fingerprint density at radius 3 is 2.42 bits per heavy atom. The first-order valence-electron chi connectivity index (χ1n) is 7.69. The summed E-state index contributed by atoms with van der Waals surface area (Å²) in [6, 6.07) is 3.06. The molecule has 7 nitrogen and oxygen atoms in total. The van der Waals surface area contributed by atoms with Crippen LogP contribution in [0.3, 0.4) is 0 Å². The second-order valence-electron chi connectivity index (χ2n) is 5.76. The normalized spacial score (nSPS) is 20.0. The lowest BCUT2D eigenvalue weighted by Gasteiger charge is -2.34. The number of piperazine rings is 1. The SMILES string of the molecule is O=C(CN1CCCC1=O)N1CCN(S(=O)(=O)c2ccc(Cl)s2)CC1. The number of rotatable bonds is 4. The number of hydrogen-bond donors (Lipinski definition) is 0. The molecule has 2 aliphatic heterocycles. The standard InChI is InChI=1S/C14H18ClN3O4S2/c15-11-3-4-14(23-11)24(21,22)18-8-6-16(7-9-18)13(20)10-17-5-1-2-12(17)19/h3-4H,1-2,5-10H2. The van der Waals surface area contributed by atoms with Gasteiger partial charge in [0.1, 0.15) is 4.21 Å². The largest absolute Gasteiger partial charge is 0.339 e. The highest BCUT2D eigenvalue weighted by molar-refractivity contribution is 7.91. The van der Waals surface area contributed by atoms with Gasteiger partial charge in [0.15, 0.2) is 0 Å². The molecule has 0 N–H and O–H groups in total. The summed E-state index contributed by atoms with van der Waals surface area (Å²) in [6.07, 6.45) is 1.30. The van der Waals surface area contributed by atoms with E-state index < -0.39 is 10.0 Å². The number of carbonyl (C=O) groups is 2. The first-order chi connectivity index (χ1) is 11.4. The number of halogens is 1. The lowest BCUT2D eigenvalue weighted by molar-refractivity contribution is -0.139. The van der Waals surface area contributed by atoms with Crippen LogP contribution in [0.1, 0.15) is 12.8 Å². The van der Waals surface area contributed by atoms with E-state index in [1.54, 1.807) is 15.9 Å². The predicted octanol–water partition coefficient (Wildman–Crippen LogP) is 0.857. The van der Waals surface area contributed by atoms with Crippen LogP contribution in [0.4, 0.5) is 0 Å². The number of amides is 2. The Morgan fingerprint density at radius 2 is 1.88 bits per heavy atom. The van der Waals surface area contributed by atoms with E-state index in [2.05, 4.69) is 0 Å². The van der Waals surface area contributed by atoms with E-state index in [1.807, 2.05) is 0 Å². The van der Waals surface area contributed by atoms with E-state index in [4.69, 9.17) is 11.6 Å². The van der Waals surface area contributed by atoms with Gasteiger partial charge in [0.05, 0.1) is 10.9 Å².